The summed E-state index contributed by atoms with van der Waals surface area (Å²) in [4.78, 5) is 37.2. The average molecular weight is 295 g/mol. The molecule has 4 N–H and O–H groups in total. The van der Waals surface area contributed by atoms with Gasteiger partial charge in [0, 0.05) is 0 Å². The summed E-state index contributed by atoms with van der Waals surface area (Å²) in [6.45, 7) is 0. The summed E-state index contributed by atoms with van der Waals surface area (Å²) < 4.78 is 0. The topological polar surface area (TPSA) is 127 Å². The summed E-state index contributed by atoms with van der Waals surface area (Å²) in [6.07, 6.45) is -0.298. The Morgan fingerprint density at radius 3 is 2.29 bits per heavy atom. The minimum Gasteiger partial charge on any atom is -0.508 e. The van der Waals surface area contributed by atoms with E-state index in [0.29, 0.717) is 5.56 Å². The van der Waals surface area contributed by atoms with Crippen LogP contribution in [0.4, 0.5) is 0 Å². The van der Waals surface area contributed by atoms with Crippen LogP contribution in [0.15, 0.2) is 24.3 Å². The Kier molecular flexibility index (Phi) is 4.03. The van der Waals surface area contributed by atoms with Gasteiger partial charge in [-0.1, -0.05) is 12.1 Å². The first-order valence-corrected chi connectivity index (χ1v) is 6.28. The smallest absolute Gasteiger partial charge is 0.397 e. The van der Waals surface area contributed by atoms with Gasteiger partial charge in [-0.05, 0) is 24.1 Å². The molecule has 1 aliphatic rings. The lowest BCUT2D eigenvalue weighted by molar-refractivity contribution is -1.12. The number of hydrogen-bond donors (Lipinski definition) is 3. The van der Waals surface area contributed by atoms with E-state index in [-0.39, 0.29) is 25.0 Å². The van der Waals surface area contributed by atoms with Gasteiger partial charge in [-0.3, -0.25) is 0 Å². The summed E-state index contributed by atoms with van der Waals surface area (Å²) in [6, 6.07) is 4.84. The second-order valence-electron chi connectivity index (χ2n) is 4.75. The number of carbonyl (C=O) groups excluding carboxylic acids is 3. The van der Waals surface area contributed by atoms with Crippen molar-refractivity contribution in [3.05, 3.63) is 29.8 Å². The number of phenolic OH excluding ortho intramolecular Hbond substituents is 1. The SMILES string of the molecule is N[C@@H](Cc1ccc(O)cc1)C(=O)O[N+]1(O)C(=O)CCC1=O. The highest BCUT2D eigenvalue weighted by Crippen LogP contribution is 2.21. The number of nitrogens with two attached hydrogens (primary N) is 1. The summed E-state index contributed by atoms with van der Waals surface area (Å²) in [5.74, 6) is -2.78. The quantitative estimate of drug-likeness (QED) is 0.398. The molecule has 0 radical (unpaired) electrons. The van der Waals surface area contributed by atoms with Crippen molar-refractivity contribution in [2.45, 2.75) is 25.3 Å². The zero-order valence-electron chi connectivity index (χ0n) is 11.1. The third-order valence-corrected chi connectivity index (χ3v) is 3.15. The van der Waals surface area contributed by atoms with Crippen molar-refractivity contribution in [2.75, 3.05) is 0 Å². The molecule has 21 heavy (non-hydrogen) atoms. The molecule has 1 saturated heterocycles. The van der Waals surface area contributed by atoms with E-state index in [9.17, 15) is 19.6 Å². The monoisotopic (exact) mass is 295 g/mol. The minimum absolute atomic E-state index is 0.0709. The number of phenols is 1. The number of rotatable bonds is 4. The lowest BCUT2D eigenvalue weighted by Gasteiger charge is -2.18. The van der Waals surface area contributed by atoms with Crippen LogP contribution in [0.1, 0.15) is 18.4 Å². The van der Waals surface area contributed by atoms with E-state index >= 15 is 0 Å². The average Bonchev–Trinajstić information content (AvgIpc) is 2.69. The molecule has 8 nitrogen and oxygen atoms in total. The summed E-state index contributed by atoms with van der Waals surface area (Å²) in [5, 5.41) is 18.9. The van der Waals surface area contributed by atoms with Crippen LogP contribution in [0, 0.1) is 0 Å². The number of nitrogens with zero attached hydrogens (tertiary/aromatic N) is 1. The van der Waals surface area contributed by atoms with Gasteiger partial charge < -0.3 is 10.8 Å². The predicted octanol–water partition coefficient (Wildman–Crippen LogP) is -0.227. The van der Waals surface area contributed by atoms with Crippen molar-refractivity contribution < 1.29 is 34.3 Å². The zero-order chi connectivity index (χ0) is 15.6. The normalized spacial score (nSPS) is 18.6. The van der Waals surface area contributed by atoms with Crippen molar-refractivity contribution in [1.82, 2.24) is 0 Å². The molecule has 2 amide bonds. The molecule has 0 aromatic heterocycles. The fourth-order valence-corrected chi connectivity index (χ4v) is 1.93. The van der Waals surface area contributed by atoms with Crippen molar-refractivity contribution in [1.29, 1.82) is 0 Å². The molecule has 1 aromatic rings. The van der Waals surface area contributed by atoms with Crippen molar-refractivity contribution in [3.8, 4) is 5.75 Å². The highest BCUT2D eigenvalue weighted by molar-refractivity contribution is 5.91. The van der Waals surface area contributed by atoms with Gasteiger partial charge >= 0.3 is 17.8 Å². The highest BCUT2D eigenvalue weighted by atomic mass is 17.0. The number of imide groups is 1. The third-order valence-electron chi connectivity index (χ3n) is 3.15. The number of quaternary nitrogens is 1. The van der Waals surface area contributed by atoms with Crippen LogP contribution in [0.5, 0.6) is 5.75 Å². The van der Waals surface area contributed by atoms with Crippen molar-refractivity contribution in [2.24, 2.45) is 5.73 Å². The first-order valence-electron chi connectivity index (χ1n) is 6.28. The second kappa shape index (κ2) is 5.60. The number of hydroxylamine groups is 4. The van der Waals surface area contributed by atoms with Crippen LogP contribution >= 0.6 is 0 Å². The molecule has 1 heterocycles. The molecule has 1 atom stereocenters. The van der Waals surface area contributed by atoms with E-state index < -0.39 is 28.6 Å². The molecule has 8 heteroatoms. The number of hydrogen-bond acceptors (Lipinski definition) is 7. The summed E-state index contributed by atoms with van der Waals surface area (Å²) in [7, 11) is 0. The first kappa shape index (κ1) is 15.1. The van der Waals surface area contributed by atoms with Gasteiger partial charge in [-0.25, -0.2) is 19.2 Å². The van der Waals surface area contributed by atoms with Crippen LogP contribution in [-0.2, 0) is 25.6 Å². The van der Waals surface area contributed by atoms with Crippen LogP contribution in [0.3, 0.4) is 0 Å². The number of amides is 2. The van der Waals surface area contributed by atoms with Crippen LogP contribution in [0.2, 0.25) is 0 Å². The molecular formula is C13H15N2O6+. The number of benzene rings is 1. The zero-order valence-corrected chi connectivity index (χ0v) is 11.1. The van der Waals surface area contributed by atoms with Gasteiger partial charge in [-0.15, -0.1) is 0 Å². The van der Waals surface area contributed by atoms with Crippen molar-refractivity contribution >= 4 is 17.8 Å². The fourth-order valence-electron chi connectivity index (χ4n) is 1.93. The first-order chi connectivity index (χ1) is 9.83. The van der Waals surface area contributed by atoms with E-state index in [0.717, 1.165) is 0 Å². The molecule has 0 spiro atoms. The summed E-state index contributed by atoms with van der Waals surface area (Å²) in [5.41, 5.74) is 6.29. The van der Waals surface area contributed by atoms with Gasteiger partial charge in [0.1, 0.15) is 16.6 Å². The molecule has 0 saturated carbocycles. The Labute approximate surface area is 119 Å². The number of aromatic hydroxyl groups is 1. The number of carbonyl (C=O) groups is 3. The van der Waals surface area contributed by atoms with Crippen LogP contribution in [0.25, 0.3) is 0 Å². The van der Waals surface area contributed by atoms with E-state index in [1.807, 2.05) is 0 Å². The largest absolute Gasteiger partial charge is 0.508 e. The van der Waals surface area contributed by atoms with E-state index in [1.165, 1.54) is 12.1 Å². The Hall–Kier alpha value is -2.29. The van der Waals surface area contributed by atoms with E-state index in [2.05, 4.69) is 4.84 Å². The highest BCUT2D eigenvalue weighted by Gasteiger charge is 2.55. The minimum atomic E-state index is -1.97. The standard InChI is InChI=1S/C13H14N2O6/c14-10(7-8-1-3-9(16)4-2-8)13(19)21-15(20)11(17)5-6-12(15)18/h1-4,10,20H,5-7,14H2/p+1/t10-/m0/s1. The molecule has 0 aliphatic carbocycles. The maximum atomic E-state index is 11.8. The maximum absolute atomic E-state index is 11.8. The molecule has 112 valence electrons. The van der Waals surface area contributed by atoms with Gasteiger partial charge in [0.05, 0.1) is 12.8 Å². The van der Waals surface area contributed by atoms with Gasteiger partial charge in [-0.2, -0.15) is 5.21 Å². The van der Waals surface area contributed by atoms with Crippen molar-refractivity contribution in [3.63, 3.8) is 0 Å². The molecule has 2 rings (SSSR count). The van der Waals surface area contributed by atoms with E-state index in [1.54, 1.807) is 12.1 Å². The summed E-state index contributed by atoms with van der Waals surface area (Å²) >= 11 is 0. The second-order valence-corrected chi connectivity index (χ2v) is 4.75. The van der Waals surface area contributed by atoms with Crippen LogP contribution in [-0.4, -0.2) is 38.9 Å². The van der Waals surface area contributed by atoms with Gasteiger partial charge in [0.2, 0.25) is 0 Å². The Morgan fingerprint density at radius 2 is 1.76 bits per heavy atom. The van der Waals surface area contributed by atoms with E-state index in [4.69, 9.17) is 10.8 Å². The lowest BCUT2D eigenvalue weighted by atomic mass is 10.1. The predicted molar refractivity (Wildman–Crippen MR) is 67.2 cm³/mol. The Morgan fingerprint density at radius 1 is 1.24 bits per heavy atom. The molecule has 0 bridgehead atoms. The van der Waals surface area contributed by atoms with Gasteiger partial charge in [0.25, 0.3) is 0 Å². The molecular weight excluding hydrogens is 280 g/mol. The molecule has 1 aliphatic heterocycles. The molecule has 0 unspecified atom stereocenters. The Bertz CT molecular complexity index is 567. The third kappa shape index (κ3) is 3.07. The van der Waals surface area contributed by atoms with Gasteiger partial charge in [0.15, 0.2) is 0 Å². The van der Waals surface area contributed by atoms with Crippen LogP contribution < -0.4 is 5.73 Å². The molecule has 1 fully saturated rings. The Balaban J connectivity index is 2.01. The lowest BCUT2D eigenvalue weighted by Crippen LogP contribution is -2.53. The molecule has 1 aromatic carbocycles. The fraction of sp³-hybridized carbons (Fsp3) is 0.308. The maximum Gasteiger partial charge on any atom is 0.397 e.